The van der Waals surface area contributed by atoms with Gasteiger partial charge in [-0.1, -0.05) is 29.1 Å². The molecule has 1 fully saturated rings. The number of carboxylic acid groups (broad SMARTS) is 1. The first kappa shape index (κ1) is 23.8. The third-order valence-electron chi connectivity index (χ3n) is 5.18. The van der Waals surface area contributed by atoms with Gasteiger partial charge >= 0.3 is 5.97 Å². The van der Waals surface area contributed by atoms with Gasteiger partial charge in [0, 0.05) is 24.1 Å². The van der Waals surface area contributed by atoms with E-state index in [-0.39, 0.29) is 11.6 Å². The number of rotatable bonds is 8. The molecule has 3 heterocycles. The average molecular weight is 504 g/mol. The minimum Gasteiger partial charge on any atom is -0.477 e. The predicted octanol–water partition coefficient (Wildman–Crippen LogP) is 0.294. The van der Waals surface area contributed by atoms with E-state index < -0.39 is 35.2 Å². The number of carbonyl (C=O) groups excluding carboxylic acids is 3. The zero-order valence-corrected chi connectivity index (χ0v) is 19.5. The topological polar surface area (TPSA) is 183 Å². The second kappa shape index (κ2) is 9.87. The summed E-state index contributed by atoms with van der Waals surface area (Å²) in [6.07, 6.45) is 1.60. The summed E-state index contributed by atoms with van der Waals surface area (Å²) in [5, 5.41) is 25.2. The number of β-lactam (4-membered cyclic amide) rings is 1. The van der Waals surface area contributed by atoms with Crippen molar-refractivity contribution in [3.63, 3.8) is 0 Å². The summed E-state index contributed by atoms with van der Waals surface area (Å²) in [6, 6.07) is 4.59. The molecular formula is C20H21N7O5S2. The van der Waals surface area contributed by atoms with E-state index in [2.05, 4.69) is 26.0 Å². The lowest BCUT2D eigenvalue weighted by Gasteiger charge is -2.49. The first-order chi connectivity index (χ1) is 16.3. The summed E-state index contributed by atoms with van der Waals surface area (Å²) >= 11 is 2.68. The van der Waals surface area contributed by atoms with Gasteiger partial charge in [-0.2, -0.15) is 0 Å². The van der Waals surface area contributed by atoms with Gasteiger partial charge in [-0.3, -0.25) is 24.4 Å². The molecule has 2 aliphatic rings. The molecule has 3 amide bonds. The van der Waals surface area contributed by atoms with Crippen LogP contribution in [0.25, 0.3) is 0 Å². The van der Waals surface area contributed by atoms with E-state index in [0.29, 0.717) is 33.4 Å². The summed E-state index contributed by atoms with van der Waals surface area (Å²) < 4.78 is 0. The third-order valence-corrected chi connectivity index (χ3v) is 7.51. The Kier molecular flexibility index (Phi) is 6.90. The monoisotopic (exact) mass is 503 g/mol. The zero-order valence-electron chi connectivity index (χ0n) is 17.8. The molecule has 1 aromatic carbocycles. The molecule has 2 aromatic rings. The van der Waals surface area contributed by atoms with E-state index in [1.54, 1.807) is 30.5 Å². The number of aromatic nitrogens is 3. The van der Waals surface area contributed by atoms with Gasteiger partial charge in [-0.25, -0.2) is 4.79 Å². The minimum absolute atomic E-state index is 0.0671. The van der Waals surface area contributed by atoms with E-state index in [0.717, 1.165) is 0 Å². The molecule has 1 saturated heterocycles. The van der Waals surface area contributed by atoms with Crippen LogP contribution in [-0.2, 0) is 19.2 Å². The Labute approximate surface area is 202 Å². The maximum atomic E-state index is 12.8. The third kappa shape index (κ3) is 4.78. The van der Waals surface area contributed by atoms with Crippen LogP contribution in [0.15, 0.2) is 46.8 Å². The van der Waals surface area contributed by atoms with Crippen molar-refractivity contribution in [1.82, 2.24) is 25.6 Å². The van der Waals surface area contributed by atoms with Crippen molar-refractivity contribution in [2.45, 2.75) is 29.4 Å². The fourth-order valence-electron chi connectivity index (χ4n) is 3.62. The van der Waals surface area contributed by atoms with Crippen LogP contribution in [-0.4, -0.2) is 72.0 Å². The first-order valence-electron chi connectivity index (χ1n) is 10.1. The fraction of sp³-hybridized carbons (Fsp3) is 0.300. The Hall–Kier alpha value is -3.36. The molecule has 0 radical (unpaired) electrons. The molecule has 12 nitrogen and oxygen atoms in total. The lowest BCUT2D eigenvalue weighted by atomic mass is 10.0. The molecule has 0 spiro atoms. The van der Waals surface area contributed by atoms with Crippen LogP contribution < -0.4 is 16.4 Å². The molecule has 4 rings (SSSR count). The van der Waals surface area contributed by atoms with Crippen molar-refractivity contribution < 1.29 is 24.3 Å². The first-order valence-corrected chi connectivity index (χ1v) is 12.1. The molecule has 6 N–H and O–H groups in total. The van der Waals surface area contributed by atoms with Crippen LogP contribution in [0.1, 0.15) is 18.5 Å². The van der Waals surface area contributed by atoms with Crippen LogP contribution in [0.3, 0.4) is 0 Å². The van der Waals surface area contributed by atoms with Gasteiger partial charge in [0.05, 0.1) is 6.20 Å². The SMILES string of the molecule is CC(=O)Nc1cccc(C(N)C(=O)NC2C(=O)N3C(C(=O)O)=C(CSc4c[nH]nn4)CS[C@@H]23)c1. The molecule has 0 bridgehead atoms. The maximum Gasteiger partial charge on any atom is 0.352 e. The summed E-state index contributed by atoms with van der Waals surface area (Å²) in [5.74, 6) is -1.82. The highest BCUT2D eigenvalue weighted by Gasteiger charge is 2.54. The molecule has 2 aliphatic heterocycles. The number of amides is 3. The number of H-pyrrole nitrogens is 1. The molecule has 3 atom stereocenters. The molecule has 14 heteroatoms. The average Bonchev–Trinajstić information content (AvgIpc) is 3.33. The van der Waals surface area contributed by atoms with Gasteiger partial charge < -0.3 is 21.5 Å². The van der Waals surface area contributed by atoms with Gasteiger partial charge in [-0.05, 0) is 23.3 Å². The highest BCUT2D eigenvalue weighted by atomic mass is 32.2. The fourth-order valence-corrected chi connectivity index (χ4v) is 5.90. The Morgan fingerprint density at radius 1 is 1.41 bits per heavy atom. The normalized spacial score (nSPS) is 20.3. The van der Waals surface area contributed by atoms with Crippen molar-refractivity contribution in [3.05, 3.63) is 47.3 Å². The number of fused-ring (bicyclic) bond motifs is 1. The molecule has 0 aliphatic carbocycles. The van der Waals surface area contributed by atoms with Crippen LogP contribution in [0.5, 0.6) is 0 Å². The molecular weight excluding hydrogens is 482 g/mol. The summed E-state index contributed by atoms with van der Waals surface area (Å²) in [6.45, 7) is 1.37. The van der Waals surface area contributed by atoms with E-state index in [9.17, 15) is 24.3 Å². The number of anilines is 1. The van der Waals surface area contributed by atoms with Crippen molar-refractivity contribution in [2.24, 2.45) is 5.73 Å². The number of nitrogens with zero attached hydrogens (tertiary/aromatic N) is 3. The Morgan fingerprint density at radius 2 is 2.21 bits per heavy atom. The number of benzene rings is 1. The lowest BCUT2D eigenvalue weighted by molar-refractivity contribution is -0.150. The number of thioether (sulfide) groups is 2. The Bertz CT molecular complexity index is 1170. The maximum absolute atomic E-state index is 12.8. The number of hydrogen-bond acceptors (Lipinski definition) is 9. The number of nitrogens with one attached hydrogen (secondary N) is 3. The van der Waals surface area contributed by atoms with Crippen LogP contribution >= 0.6 is 23.5 Å². The number of aromatic amines is 1. The summed E-state index contributed by atoms with van der Waals surface area (Å²) in [4.78, 5) is 50.0. The Morgan fingerprint density at radius 3 is 2.88 bits per heavy atom. The van der Waals surface area contributed by atoms with Crippen molar-refractivity contribution in [2.75, 3.05) is 16.8 Å². The largest absolute Gasteiger partial charge is 0.477 e. The number of hydrogen-bond donors (Lipinski definition) is 5. The summed E-state index contributed by atoms with van der Waals surface area (Å²) in [7, 11) is 0. The number of aliphatic carboxylic acids is 1. The second-order valence-electron chi connectivity index (χ2n) is 7.54. The smallest absolute Gasteiger partial charge is 0.352 e. The van der Waals surface area contributed by atoms with Crippen LogP contribution in [0.2, 0.25) is 0 Å². The van der Waals surface area contributed by atoms with Gasteiger partial charge in [0.2, 0.25) is 11.8 Å². The van der Waals surface area contributed by atoms with Gasteiger partial charge in [0.15, 0.2) is 0 Å². The van der Waals surface area contributed by atoms with Crippen molar-refractivity contribution in [3.8, 4) is 0 Å². The Balaban J connectivity index is 1.44. The highest BCUT2D eigenvalue weighted by Crippen LogP contribution is 2.41. The van der Waals surface area contributed by atoms with Gasteiger partial charge in [-0.15, -0.1) is 16.9 Å². The van der Waals surface area contributed by atoms with Crippen molar-refractivity contribution in [1.29, 1.82) is 0 Å². The standard InChI is InChI=1S/C20H21N7O5S2/c1-9(28)23-12-4-2-3-10(5-12)14(21)17(29)24-15-18(30)27-16(20(31)32)11(8-34-19(15)27)7-33-13-6-22-26-25-13/h2-6,14-15,19H,7-8,21H2,1H3,(H,23,28)(H,24,29)(H,31,32)(H,22,25,26)/t14?,15?,19-/m0/s1. The molecule has 0 saturated carbocycles. The molecule has 2 unspecified atom stereocenters. The van der Waals surface area contributed by atoms with E-state index in [1.165, 1.54) is 35.3 Å². The molecule has 178 valence electrons. The minimum atomic E-state index is -1.20. The lowest BCUT2D eigenvalue weighted by Crippen LogP contribution is -2.71. The van der Waals surface area contributed by atoms with Crippen LogP contribution in [0.4, 0.5) is 5.69 Å². The van der Waals surface area contributed by atoms with E-state index in [4.69, 9.17) is 5.73 Å². The molecule has 34 heavy (non-hydrogen) atoms. The van der Waals surface area contributed by atoms with Crippen molar-refractivity contribution >= 4 is 52.9 Å². The van der Waals surface area contributed by atoms with Gasteiger partial charge in [0.1, 0.15) is 28.2 Å². The number of carbonyl (C=O) groups is 4. The van der Waals surface area contributed by atoms with Crippen LogP contribution in [0, 0.1) is 0 Å². The van der Waals surface area contributed by atoms with Gasteiger partial charge in [0.25, 0.3) is 5.91 Å². The molecule has 1 aromatic heterocycles. The number of nitrogens with two attached hydrogens (primary N) is 1. The zero-order chi connectivity index (χ0) is 24.4. The highest BCUT2D eigenvalue weighted by molar-refractivity contribution is 8.01. The second-order valence-corrected chi connectivity index (χ2v) is 9.64. The predicted molar refractivity (Wildman–Crippen MR) is 124 cm³/mol. The van der Waals surface area contributed by atoms with E-state index in [1.807, 2.05) is 0 Å². The quantitative estimate of drug-likeness (QED) is 0.248. The number of carboxylic acids is 1. The van der Waals surface area contributed by atoms with E-state index >= 15 is 0 Å². The summed E-state index contributed by atoms with van der Waals surface area (Å²) in [5.41, 5.74) is 7.56.